The molecule has 0 radical (unpaired) electrons. The maximum absolute atomic E-state index is 12.0. The van der Waals surface area contributed by atoms with Gasteiger partial charge in [0.05, 0.1) is 6.26 Å². The number of furan rings is 1. The number of hydrogen-bond acceptors (Lipinski definition) is 5. The number of carbonyl (C=O) groups excluding carboxylic acids is 1. The van der Waals surface area contributed by atoms with Crippen molar-refractivity contribution in [1.29, 1.82) is 0 Å². The number of aryl methyl sites for hydroxylation is 1. The minimum Gasteiger partial charge on any atom is -0.462 e. The molecule has 0 aliphatic carbocycles. The summed E-state index contributed by atoms with van der Waals surface area (Å²) in [7, 11) is 0. The summed E-state index contributed by atoms with van der Waals surface area (Å²) in [6.07, 6.45) is 1.59. The summed E-state index contributed by atoms with van der Waals surface area (Å²) in [6, 6.07) is 3.63. The van der Waals surface area contributed by atoms with Crippen molar-refractivity contribution in [3.8, 4) is 10.8 Å². The number of amides is 1. The summed E-state index contributed by atoms with van der Waals surface area (Å²) in [6.45, 7) is 4.98. The number of carbonyl (C=O) groups is 1. The lowest BCUT2D eigenvalue weighted by Gasteiger charge is -2.08. The molecule has 19 heavy (non-hydrogen) atoms. The third-order valence-electron chi connectivity index (χ3n) is 2.76. The third kappa shape index (κ3) is 3.21. The SMILES string of the molecule is Cc1sc(-c2ccco2)nc1C(=O)NCC(C)CN. The normalized spacial score (nSPS) is 12.4. The lowest BCUT2D eigenvalue weighted by molar-refractivity contribution is 0.0944. The number of nitrogens with one attached hydrogen (secondary N) is 1. The van der Waals surface area contributed by atoms with Gasteiger partial charge in [-0.05, 0) is 31.5 Å². The van der Waals surface area contributed by atoms with Crippen molar-refractivity contribution >= 4 is 17.2 Å². The van der Waals surface area contributed by atoms with E-state index in [1.807, 2.05) is 19.9 Å². The monoisotopic (exact) mass is 279 g/mol. The van der Waals surface area contributed by atoms with E-state index in [0.29, 0.717) is 24.5 Å². The van der Waals surface area contributed by atoms with Gasteiger partial charge in [-0.3, -0.25) is 4.79 Å². The maximum atomic E-state index is 12.0. The third-order valence-corrected chi connectivity index (χ3v) is 3.74. The Bertz CT molecular complexity index is 548. The van der Waals surface area contributed by atoms with Crippen LogP contribution in [0.4, 0.5) is 0 Å². The second kappa shape index (κ2) is 5.99. The fourth-order valence-corrected chi connectivity index (χ4v) is 2.43. The number of nitrogens with two attached hydrogens (primary N) is 1. The van der Waals surface area contributed by atoms with Crippen molar-refractivity contribution in [3.63, 3.8) is 0 Å². The quantitative estimate of drug-likeness (QED) is 0.877. The highest BCUT2D eigenvalue weighted by Gasteiger charge is 2.17. The molecule has 0 saturated heterocycles. The predicted molar refractivity (Wildman–Crippen MR) is 75.1 cm³/mol. The zero-order valence-electron chi connectivity index (χ0n) is 11.0. The van der Waals surface area contributed by atoms with Crippen LogP contribution in [-0.2, 0) is 0 Å². The first-order valence-electron chi connectivity index (χ1n) is 6.11. The van der Waals surface area contributed by atoms with Gasteiger partial charge in [-0.2, -0.15) is 0 Å². The second-order valence-corrected chi connectivity index (χ2v) is 5.66. The van der Waals surface area contributed by atoms with E-state index < -0.39 is 0 Å². The van der Waals surface area contributed by atoms with Crippen LogP contribution in [-0.4, -0.2) is 24.0 Å². The Morgan fingerprint density at radius 2 is 2.42 bits per heavy atom. The Kier molecular flexibility index (Phi) is 4.34. The van der Waals surface area contributed by atoms with E-state index in [1.165, 1.54) is 11.3 Å². The van der Waals surface area contributed by atoms with Gasteiger partial charge < -0.3 is 15.5 Å². The van der Waals surface area contributed by atoms with E-state index in [2.05, 4.69) is 10.3 Å². The van der Waals surface area contributed by atoms with Gasteiger partial charge in [0.1, 0.15) is 5.69 Å². The zero-order valence-corrected chi connectivity index (χ0v) is 11.8. The molecule has 3 N–H and O–H groups in total. The minimum atomic E-state index is -0.160. The Morgan fingerprint density at radius 1 is 1.63 bits per heavy atom. The zero-order chi connectivity index (χ0) is 13.8. The molecule has 2 heterocycles. The van der Waals surface area contributed by atoms with Gasteiger partial charge in [0, 0.05) is 11.4 Å². The fraction of sp³-hybridized carbons (Fsp3) is 0.385. The van der Waals surface area contributed by atoms with Crippen LogP contribution in [0, 0.1) is 12.8 Å². The molecule has 2 aromatic heterocycles. The summed E-state index contributed by atoms with van der Waals surface area (Å²) in [5, 5.41) is 3.57. The number of hydrogen-bond donors (Lipinski definition) is 2. The molecule has 0 aliphatic rings. The van der Waals surface area contributed by atoms with E-state index in [9.17, 15) is 4.79 Å². The average molecular weight is 279 g/mol. The first kappa shape index (κ1) is 13.8. The molecule has 2 rings (SSSR count). The van der Waals surface area contributed by atoms with Crippen molar-refractivity contribution in [2.75, 3.05) is 13.1 Å². The summed E-state index contributed by atoms with van der Waals surface area (Å²) in [5.41, 5.74) is 5.98. The van der Waals surface area contributed by atoms with Gasteiger partial charge in [-0.15, -0.1) is 11.3 Å². The molecule has 102 valence electrons. The molecular formula is C13H17N3O2S. The number of rotatable bonds is 5. The largest absolute Gasteiger partial charge is 0.462 e. The standard InChI is InChI=1S/C13H17N3O2S/c1-8(6-14)7-15-12(17)11-9(2)19-13(16-11)10-4-3-5-18-10/h3-5,8H,6-7,14H2,1-2H3,(H,15,17). The molecule has 0 fully saturated rings. The minimum absolute atomic E-state index is 0.160. The molecule has 0 spiro atoms. The van der Waals surface area contributed by atoms with Crippen molar-refractivity contribution in [3.05, 3.63) is 29.0 Å². The van der Waals surface area contributed by atoms with Crippen molar-refractivity contribution in [2.45, 2.75) is 13.8 Å². The summed E-state index contributed by atoms with van der Waals surface area (Å²) < 4.78 is 5.28. The Morgan fingerprint density at radius 3 is 3.05 bits per heavy atom. The van der Waals surface area contributed by atoms with Crippen LogP contribution in [0.3, 0.4) is 0 Å². The highest BCUT2D eigenvalue weighted by Crippen LogP contribution is 2.27. The smallest absolute Gasteiger partial charge is 0.271 e. The predicted octanol–water partition coefficient (Wildman–Crippen LogP) is 2.04. The Balaban J connectivity index is 2.10. The molecule has 1 atom stereocenters. The second-order valence-electron chi connectivity index (χ2n) is 4.45. The molecule has 5 nitrogen and oxygen atoms in total. The van der Waals surface area contributed by atoms with Gasteiger partial charge in [0.2, 0.25) is 0 Å². The van der Waals surface area contributed by atoms with Crippen LogP contribution in [0.5, 0.6) is 0 Å². The highest BCUT2D eigenvalue weighted by atomic mass is 32.1. The van der Waals surface area contributed by atoms with Crippen LogP contribution in [0.25, 0.3) is 10.8 Å². The fourth-order valence-electron chi connectivity index (χ4n) is 1.55. The molecule has 1 unspecified atom stereocenters. The first-order chi connectivity index (χ1) is 9.11. The number of nitrogens with zero attached hydrogens (tertiary/aromatic N) is 1. The average Bonchev–Trinajstić information content (AvgIpc) is 3.04. The van der Waals surface area contributed by atoms with Crippen molar-refractivity contribution < 1.29 is 9.21 Å². The first-order valence-corrected chi connectivity index (χ1v) is 6.93. The molecule has 0 aromatic carbocycles. The Hall–Kier alpha value is -1.66. The lowest BCUT2D eigenvalue weighted by Crippen LogP contribution is -2.31. The lowest BCUT2D eigenvalue weighted by atomic mass is 10.2. The van der Waals surface area contributed by atoms with Gasteiger partial charge >= 0.3 is 0 Å². The maximum Gasteiger partial charge on any atom is 0.271 e. The molecule has 6 heteroatoms. The van der Waals surface area contributed by atoms with E-state index in [1.54, 1.807) is 12.3 Å². The van der Waals surface area contributed by atoms with Crippen LogP contribution in [0.2, 0.25) is 0 Å². The van der Waals surface area contributed by atoms with Crippen LogP contribution in [0.15, 0.2) is 22.8 Å². The molecule has 2 aromatic rings. The number of aromatic nitrogens is 1. The molecule has 0 saturated carbocycles. The van der Waals surface area contributed by atoms with Crippen LogP contribution >= 0.6 is 11.3 Å². The van der Waals surface area contributed by atoms with Gasteiger partial charge in [0.15, 0.2) is 10.8 Å². The molecular weight excluding hydrogens is 262 g/mol. The summed E-state index contributed by atoms with van der Waals surface area (Å²) >= 11 is 1.45. The Labute approximate surface area is 115 Å². The van der Waals surface area contributed by atoms with Crippen LogP contribution in [0.1, 0.15) is 22.3 Å². The molecule has 0 aliphatic heterocycles. The summed E-state index contributed by atoms with van der Waals surface area (Å²) in [5.74, 6) is 0.779. The van der Waals surface area contributed by atoms with Gasteiger partial charge in [-0.25, -0.2) is 4.98 Å². The van der Waals surface area contributed by atoms with E-state index >= 15 is 0 Å². The van der Waals surface area contributed by atoms with E-state index in [0.717, 1.165) is 9.88 Å². The summed E-state index contributed by atoms with van der Waals surface area (Å²) in [4.78, 5) is 17.2. The topological polar surface area (TPSA) is 81.2 Å². The highest BCUT2D eigenvalue weighted by molar-refractivity contribution is 7.15. The van der Waals surface area contributed by atoms with Crippen LogP contribution < -0.4 is 11.1 Å². The van der Waals surface area contributed by atoms with Crippen molar-refractivity contribution in [2.24, 2.45) is 11.7 Å². The molecule has 1 amide bonds. The van der Waals surface area contributed by atoms with Gasteiger partial charge in [0.25, 0.3) is 5.91 Å². The van der Waals surface area contributed by atoms with Gasteiger partial charge in [-0.1, -0.05) is 6.92 Å². The number of thiazole rings is 1. The van der Waals surface area contributed by atoms with E-state index in [4.69, 9.17) is 10.2 Å². The van der Waals surface area contributed by atoms with E-state index in [-0.39, 0.29) is 11.8 Å². The molecule has 0 bridgehead atoms. The van der Waals surface area contributed by atoms with Crippen molar-refractivity contribution in [1.82, 2.24) is 10.3 Å².